The molecule has 1 N–H and O–H groups in total. The van der Waals surface area contributed by atoms with Gasteiger partial charge in [0, 0.05) is 6.42 Å². The highest BCUT2D eigenvalue weighted by Crippen LogP contribution is 2.24. The first-order valence-corrected chi connectivity index (χ1v) is 8.64. The summed E-state index contributed by atoms with van der Waals surface area (Å²) in [5, 5.41) is 9.56. The van der Waals surface area contributed by atoms with Crippen molar-refractivity contribution in [2.75, 3.05) is 0 Å². The van der Waals surface area contributed by atoms with Crippen LogP contribution < -0.4 is 4.74 Å². The minimum Gasteiger partial charge on any atom is -0.478 e. The van der Waals surface area contributed by atoms with Crippen LogP contribution >= 0.6 is 0 Å². The van der Waals surface area contributed by atoms with Crippen LogP contribution in [0.25, 0.3) is 11.1 Å². The zero-order chi connectivity index (χ0) is 18.5. The molecule has 0 aliphatic rings. The largest absolute Gasteiger partial charge is 0.478 e. The first-order chi connectivity index (χ1) is 12.5. The van der Waals surface area contributed by atoms with E-state index in [0.29, 0.717) is 12.2 Å². The number of rotatable bonds is 6. The molecule has 0 radical (unpaired) electrons. The van der Waals surface area contributed by atoms with Gasteiger partial charge < -0.3 is 9.84 Å². The SMILES string of the molecule is Cc1cccc(CC(Oc2ccc(-c3ccccc3)cc2)C(=O)O)c1C. The minimum atomic E-state index is -0.960. The second-order valence-electron chi connectivity index (χ2n) is 6.40. The first-order valence-electron chi connectivity index (χ1n) is 8.64. The maximum Gasteiger partial charge on any atom is 0.345 e. The van der Waals surface area contributed by atoms with Crippen molar-refractivity contribution in [3.8, 4) is 16.9 Å². The highest BCUT2D eigenvalue weighted by molar-refractivity contribution is 5.73. The van der Waals surface area contributed by atoms with E-state index in [1.54, 1.807) is 0 Å². The van der Waals surface area contributed by atoms with Crippen LogP contribution in [0.4, 0.5) is 0 Å². The maximum atomic E-state index is 11.7. The lowest BCUT2D eigenvalue weighted by molar-refractivity contribution is -0.145. The van der Waals surface area contributed by atoms with Crippen LogP contribution in [0.2, 0.25) is 0 Å². The highest BCUT2D eigenvalue weighted by atomic mass is 16.5. The molecule has 1 atom stereocenters. The highest BCUT2D eigenvalue weighted by Gasteiger charge is 2.21. The van der Waals surface area contributed by atoms with Crippen molar-refractivity contribution in [3.05, 3.63) is 89.5 Å². The second-order valence-corrected chi connectivity index (χ2v) is 6.40. The first kappa shape index (κ1) is 17.7. The molecule has 1 unspecified atom stereocenters. The Balaban J connectivity index is 1.76. The van der Waals surface area contributed by atoms with Crippen LogP contribution in [0.1, 0.15) is 16.7 Å². The van der Waals surface area contributed by atoms with Crippen molar-refractivity contribution in [2.24, 2.45) is 0 Å². The van der Waals surface area contributed by atoms with Crippen molar-refractivity contribution in [2.45, 2.75) is 26.4 Å². The van der Waals surface area contributed by atoms with Crippen LogP contribution in [0.15, 0.2) is 72.8 Å². The summed E-state index contributed by atoms with van der Waals surface area (Å²) < 4.78 is 5.77. The van der Waals surface area contributed by atoms with Crippen LogP contribution in [-0.4, -0.2) is 17.2 Å². The minimum absolute atomic E-state index is 0.337. The van der Waals surface area contributed by atoms with Crippen LogP contribution in [0.3, 0.4) is 0 Å². The van der Waals surface area contributed by atoms with Gasteiger partial charge >= 0.3 is 5.97 Å². The Hall–Kier alpha value is -3.07. The fourth-order valence-electron chi connectivity index (χ4n) is 2.93. The molecule has 0 spiro atoms. The molecule has 0 aromatic heterocycles. The number of aliphatic carboxylic acids is 1. The smallest absolute Gasteiger partial charge is 0.345 e. The normalized spacial score (nSPS) is 11.8. The van der Waals surface area contributed by atoms with E-state index in [0.717, 1.165) is 27.8 Å². The standard InChI is InChI=1S/C23H22O3/c1-16-7-6-10-20(17(16)2)15-22(23(24)25)26-21-13-11-19(12-14-21)18-8-4-3-5-9-18/h3-14,22H,15H2,1-2H3,(H,24,25). The molecule has 3 aromatic rings. The van der Waals surface area contributed by atoms with Gasteiger partial charge in [0.25, 0.3) is 0 Å². The predicted molar refractivity (Wildman–Crippen MR) is 104 cm³/mol. The van der Waals surface area contributed by atoms with E-state index in [1.807, 2.05) is 86.6 Å². The molecule has 132 valence electrons. The zero-order valence-corrected chi connectivity index (χ0v) is 15.0. The Morgan fingerprint density at radius 2 is 1.54 bits per heavy atom. The van der Waals surface area contributed by atoms with Gasteiger partial charge in [0.05, 0.1) is 0 Å². The Kier molecular flexibility index (Phi) is 5.37. The lowest BCUT2D eigenvalue weighted by Crippen LogP contribution is -2.29. The maximum absolute atomic E-state index is 11.7. The molecule has 3 nitrogen and oxygen atoms in total. The molecule has 3 heteroatoms. The number of ether oxygens (including phenoxy) is 1. The predicted octanol–water partition coefficient (Wildman–Crippen LogP) is 5.05. The molecule has 0 aliphatic heterocycles. The van der Waals surface area contributed by atoms with E-state index in [9.17, 15) is 9.90 Å². The summed E-state index contributed by atoms with van der Waals surface area (Å²) in [6, 6.07) is 23.5. The van der Waals surface area contributed by atoms with Gasteiger partial charge in [-0.25, -0.2) is 4.79 Å². The summed E-state index contributed by atoms with van der Waals surface area (Å²) in [6.07, 6.45) is -0.582. The third-order valence-electron chi connectivity index (χ3n) is 4.64. The molecular formula is C23H22O3. The molecule has 0 amide bonds. The van der Waals surface area contributed by atoms with Crippen molar-refractivity contribution < 1.29 is 14.6 Å². The third kappa shape index (κ3) is 4.12. The molecule has 0 saturated carbocycles. The average Bonchev–Trinajstić information content (AvgIpc) is 2.66. The number of aryl methyl sites for hydroxylation is 1. The number of carboxylic acid groups (broad SMARTS) is 1. The summed E-state index contributed by atoms with van der Waals surface area (Å²) >= 11 is 0. The Morgan fingerprint density at radius 1 is 0.885 bits per heavy atom. The molecule has 0 bridgehead atoms. The molecule has 26 heavy (non-hydrogen) atoms. The topological polar surface area (TPSA) is 46.5 Å². The van der Waals surface area contributed by atoms with E-state index in [4.69, 9.17) is 4.74 Å². The van der Waals surface area contributed by atoms with E-state index in [-0.39, 0.29) is 0 Å². The van der Waals surface area contributed by atoms with Crippen molar-refractivity contribution in [1.29, 1.82) is 0 Å². The molecule has 0 heterocycles. The van der Waals surface area contributed by atoms with Gasteiger partial charge in [0.1, 0.15) is 5.75 Å². The third-order valence-corrected chi connectivity index (χ3v) is 4.64. The lowest BCUT2D eigenvalue weighted by atomic mass is 9.98. The van der Waals surface area contributed by atoms with Crippen LogP contribution in [-0.2, 0) is 11.2 Å². The van der Waals surface area contributed by atoms with Gasteiger partial charge in [0.15, 0.2) is 6.10 Å². The van der Waals surface area contributed by atoms with Crippen molar-refractivity contribution in [3.63, 3.8) is 0 Å². The summed E-state index contributed by atoms with van der Waals surface area (Å²) in [6.45, 7) is 4.04. The lowest BCUT2D eigenvalue weighted by Gasteiger charge is -2.17. The van der Waals surface area contributed by atoms with Crippen LogP contribution in [0, 0.1) is 13.8 Å². The van der Waals surface area contributed by atoms with Crippen molar-refractivity contribution >= 4 is 5.97 Å². The number of hydrogen-bond donors (Lipinski definition) is 1. The number of carboxylic acids is 1. The molecule has 3 rings (SSSR count). The summed E-state index contributed by atoms with van der Waals surface area (Å²) in [4.78, 5) is 11.7. The number of carbonyl (C=O) groups is 1. The van der Waals surface area contributed by atoms with E-state index >= 15 is 0 Å². The monoisotopic (exact) mass is 346 g/mol. The van der Waals surface area contributed by atoms with Gasteiger partial charge in [-0.3, -0.25) is 0 Å². The summed E-state index contributed by atoms with van der Waals surface area (Å²) in [5.41, 5.74) is 5.45. The fraction of sp³-hybridized carbons (Fsp3) is 0.174. The zero-order valence-electron chi connectivity index (χ0n) is 15.0. The fourth-order valence-corrected chi connectivity index (χ4v) is 2.93. The molecular weight excluding hydrogens is 324 g/mol. The van der Waals surface area contributed by atoms with Crippen LogP contribution in [0.5, 0.6) is 5.75 Å². The number of hydrogen-bond acceptors (Lipinski definition) is 2. The Bertz CT molecular complexity index is 883. The van der Waals surface area contributed by atoms with E-state index in [2.05, 4.69) is 0 Å². The van der Waals surface area contributed by atoms with Crippen molar-refractivity contribution in [1.82, 2.24) is 0 Å². The summed E-state index contributed by atoms with van der Waals surface area (Å²) in [5.74, 6) is -0.402. The number of benzene rings is 3. The Morgan fingerprint density at radius 3 is 2.19 bits per heavy atom. The van der Waals surface area contributed by atoms with E-state index < -0.39 is 12.1 Å². The second kappa shape index (κ2) is 7.87. The van der Waals surface area contributed by atoms with E-state index in [1.165, 1.54) is 0 Å². The summed E-state index contributed by atoms with van der Waals surface area (Å²) in [7, 11) is 0. The van der Waals surface area contributed by atoms with Gasteiger partial charge in [-0.2, -0.15) is 0 Å². The van der Waals surface area contributed by atoms with Gasteiger partial charge in [0.2, 0.25) is 0 Å². The quantitative estimate of drug-likeness (QED) is 0.680. The molecule has 0 fully saturated rings. The molecule has 0 aliphatic carbocycles. The molecule has 0 saturated heterocycles. The van der Waals surface area contributed by atoms with Gasteiger partial charge in [-0.1, -0.05) is 60.7 Å². The van der Waals surface area contributed by atoms with Gasteiger partial charge in [-0.05, 0) is 53.8 Å². The molecule has 3 aromatic carbocycles. The average molecular weight is 346 g/mol. The Labute approximate surface area is 153 Å². The van der Waals surface area contributed by atoms with Gasteiger partial charge in [-0.15, -0.1) is 0 Å².